The number of nitrogens with one attached hydrogen (secondary N) is 2. The molecule has 23 heavy (non-hydrogen) atoms. The average Bonchev–Trinajstić information content (AvgIpc) is 2.98. The molecule has 0 spiro atoms. The first-order chi connectivity index (χ1) is 10.8. The lowest BCUT2D eigenvalue weighted by molar-refractivity contribution is -0.128. The fourth-order valence-electron chi connectivity index (χ4n) is 2.88. The highest BCUT2D eigenvalue weighted by molar-refractivity contribution is 7.90. The molecular weight excluding hydrogens is 316 g/mol. The van der Waals surface area contributed by atoms with Gasteiger partial charge in [0.25, 0.3) is 15.9 Å². The third-order valence-corrected chi connectivity index (χ3v) is 5.44. The van der Waals surface area contributed by atoms with Gasteiger partial charge in [-0.1, -0.05) is 30.5 Å². The second-order valence-electron chi connectivity index (χ2n) is 6.01. The van der Waals surface area contributed by atoms with E-state index >= 15 is 0 Å². The highest BCUT2D eigenvalue weighted by Crippen LogP contribution is 2.28. The smallest absolute Gasteiger partial charge is 0.264 e. The number of hydrogen-bond donors (Lipinski definition) is 2. The van der Waals surface area contributed by atoms with E-state index in [0.717, 1.165) is 31.2 Å². The monoisotopic (exact) mass is 338 g/mol. The molecule has 7 heteroatoms. The number of aryl methyl sites for hydroxylation is 1. The van der Waals surface area contributed by atoms with E-state index < -0.39 is 22.0 Å². The quantitative estimate of drug-likeness (QED) is 0.851. The van der Waals surface area contributed by atoms with E-state index in [2.05, 4.69) is 10.0 Å². The summed E-state index contributed by atoms with van der Waals surface area (Å²) >= 11 is 0. The van der Waals surface area contributed by atoms with E-state index in [1.165, 1.54) is 19.1 Å². The molecule has 0 unspecified atom stereocenters. The zero-order valence-corrected chi connectivity index (χ0v) is 14.2. The van der Waals surface area contributed by atoms with Crippen molar-refractivity contribution in [3.05, 3.63) is 29.8 Å². The van der Waals surface area contributed by atoms with Crippen molar-refractivity contribution in [2.75, 3.05) is 0 Å². The van der Waals surface area contributed by atoms with Crippen molar-refractivity contribution in [1.82, 2.24) is 10.0 Å². The second-order valence-corrected chi connectivity index (χ2v) is 7.69. The van der Waals surface area contributed by atoms with Gasteiger partial charge in [-0.05, 0) is 37.8 Å². The Balaban J connectivity index is 2.16. The number of sulfonamides is 1. The normalized spacial score (nSPS) is 16.8. The fraction of sp³-hybridized carbons (Fsp3) is 0.500. The van der Waals surface area contributed by atoms with Crippen molar-refractivity contribution in [3.63, 3.8) is 0 Å². The van der Waals surface area contributed by atoms with Crippen molar-refractivity contribution in [2.24, 2.45) is 5.92 Å². The van der Waals surface area contributed by atoms with Crippen LogP contribution in [0.25, 0.3) is 0 Å². The Bertz CT molecular complexity index is 677. The van der Waals surface area contributed by atoms with Gasteiger partial charge in [0.15, 0.2) is 0 Å². The molecule has 2 N–H and O–H groups in total. The third kappa shape index (κ3) is 4.54. The number of hydrogen-bond acceptors (Lipinski definition) is 4. The Hall–Kier alpha value is -1.89. The lowest BCUT2D eigenvalue weighted by Crippen LogP contribution is -2.51. The Morgan fingerprint density at radius 3 is 2.22 bits per heavy atom. The van der Waals surface area contributed by atoms with Crippen molar-refractivity contribution in [1.29, 1.82) is 0 Å². The van der Waals surface area contributed by atoms with E-state index in [-0.39, 0.29) is 16.7 Å². The SMILES string of the molecule is CC(=O)N[C@H](C(=O)NS(=O)(=O)c1ccc(C)cc1)C1CCCC1. The summed E-state index contributed by atoms with van der Waals surface area (Å²) in [6.07, 6.45) is 3.59. The molecule has 0 aromatic heterocycles. The van der Waals surface area contributed by atoms with Gasteiger partial charge in [-0.25, -0.2) is 13.1 Å². The van der Waals surface area contributed by atoms with Gasteiger partial charge in [-0.3, -0.25) is 9.59 Å². The summed E-state index contributed by atoms with van der Waals surface area (Å²) in [7, 11) is -3.94. The minimum Gasteiger partial charge on any atom is -0.344 e. The van der Waals surface area contributed by atoms with Gasteiger partial charge in [0.05, 0.1) is 4.90 Å². The minimum atomic E-state index is -3.94. The molecule has 0 radical (unpaired) electrons. The molecule has 126 valence electrons. The summed E-state index contributed by atoms with van der Waals surface area (Å²) in [4.78, 5) is 23.8. The fourth-order valence-corrected chi connectivity index (χ4v) is 3.88. The highest BCUT2D eigenvalue weighted by Gasteiger charge is 2.33. The lowest BCUT2D eigenvalue weighted by Gasteiger charge is -2.23. The maximum atomic E-state index is 12.4. The Labute approximate surface area is 136 Å². The molecule has 2 amide bonds. The molecule has 0 aliphatic heterocycles. The van der Waals surface area contributed by atoms with Gasteiger partial charge in [-0.2, -0.15) is 0 Å². The van der Waals surface area contributed by atoms with Crippen molar-refractivity contribution in [3.8, 4) is 0 Å². The number of carbonyl (C=O) groups is 2. The standard InChI is InChI=1S/C16H22N2O4S/c1-11-7-9-14(10-8-11)23(21,22)18-16(20)15(17-12(2)19)13-5-3-4-6-13/h7-10,13,15H,3-6H2,1-2H3,(H,17,19)(H,18,20)/t15-/m0/s1. The van der Waals surface area contributed by atoms with E-state index in [4.69, 9.17) is 0 Å². The molecule has 1 aromatic carbocycles. The molecule has 1 aliphatic carbocycles. The first-order valence-corrected chi connectivity index (χ1v) is 9.18. The van der Waals surface area contributed by atoms with Crippen LogP contribution in [-0.4, -0.2) is 26.3 Å². The number of rotatable bonds is 5. The summed E-state index contributed by atoms with van der Waals surface area (Å²) in [5, 5.41) is 2.59. The molecule has 6 nitrogen and oxygen atoms in total. The predicted molar refractivity (Wildman–Crippen MR) is 86.1 cm³/mol. The molecule has 2 rings (SSSR count). The van der Waals surface area contributed by atoms with Crippen LogP contribution in [0.3, 0.4) is 0 Å². The average molecular weight is 338 g/mol. The van der Waals surface area contributed by atoms with Gasteiger partial charge in [0.1, 0.15) is 6.04 Å². The van der Waals surface area contributed by atoms with Crippen LogP contribution in [0, 0.1) is 12.8 Å². The van der Waals surface area contributed by atoms with Crippen LogP contribution in [0.5, 0.6) is 0 Å². The summed E-state index contributed by atoms with van der Waals surface area (Å²) in [5.74, 6) is -1.04. The van der Waals surface area contributed by atoms with Gasteiger partial charge in [-0.15, -0.1) is 0 Å². The van der Waals surface area contributed by atoms with Crippen molar-refractivity contribution in [2.45, 2.75) is 50.5 Å². The van der Waals surface area contributed by atoms with E-state index in [9.17, 15) is 18.0 Å². The van der Waals surface area contributed by atoms with Crippen LogP contribution in [-0.2, 0) is 19.6 Å². The highest BCUT2D eigenvalue weighted by atomic mass is 32.2. The summed E-state index contributed by atoms with van der Waals surface area (Å²) in [5.41, 5.74) is 0.928. The second kappa shape index (κ2) is 7.12. The maximum Gasteiger partial charge on any atom is 0.264 e. The zero-order valence-electron chi connectivity index (χ0n) is 13.3. The summed E-state index contributed by atoms with van der Waals surface area (Å²) < 4.78 is 26.7. The first kappa shape index (κ1) is 17.5. The van der Waals surface area contributed by atoms with Crippen LogP contribution in [0.2, 0.25) is 0 Å². The van der Waals surface area contributed by atoms with Crippen molar-refractivity contribution >= 4 is 21.8 Å². The van der Waals surface area contributed by atoms with E-state index in [0.29, 0.717) is 0 Å². The third-order valence-electron chi connectivity index (χ3n) is 4.08. The number of amides is 2. The lowest BCUT2D eigenvalue weighted by atomic mass is 9.97. The van der Waals surface area contributed by atoms with Gasteiger partial charge in [0, 0.05) is 6.92 Å². The van der Waals surface area contributed by atoms with Gasteiger partial charge >= 0.3 is 0 Å². The van der Waals surface area contributed by atoms with Crippen LogP contribution >= 0.6 is 0 Å². The molecule has 1 saturated carbocycles. The molecule has 0 heterocycles. The van der Waals surface area contributed by atoms with Crippen LogP contribution in [0.4, 0.5) is 0 Å². The minimum absolute atomic E-state index is 0.0212. The summed E-state index contributed by atoms with van der Waals surface area (Å²) in [6, 6.07) is 5.43. The summed E-state index contributed by atoms with van der Waals surface area (Å²) in [6.45, 7) is 3.17. The van der Waals surface area contributed by atoms with Gasteiger partial charge < -0.3 is 5.32 Å². The maximum absolute atomic E-state index is 12.4. The predicted octanol–water partition coefficient (Wildman–Crippen LogP) is 1.49. The van der Waals surface area contributed by atoms with E-state index in [1.807, 2.05) is 6.92 Å². The first-order valence-electron chi connectivity index (χ1n) is 7.70. The largest absolute Gasteiger partial charge is 0.344 e. The molecule has 1 fully saturated rings. The van der Waals surface area contributed by atoms with Gasteiger partial charge in [0.2, 0.25) is 5.91 Å². The molecular formula is C16H22N2O4S. The Kier molecular flexibility index (Phi) is 5.41. The molecule has 1 aromatic rings. The topological polar surface area (TPSA) is 92.3 Å². The van der Waals surface area contributed by atoms with E-state index in [1.54, 1.807) is 12.1 Å². The molecule has 1 aliphatic rings. The zero-order chi connectivity index (χ0) is 17.0. The molecule has 0 saturated heterocycles. The molecule has 0 bridgehead atoms. The van der Waals surface area contributed by atoms with Crippen LogP contribution in [0.15, 0.2) is 29.2 Å². The van der Waals surface area contributed by atoms with Crippen LogP contribution in [0.1, 0.15) is 38.2 Å². The number of benzene rings is 1. The Morgan fingerprint density at radius 1 is 1.13 bits per heavy atom. The molecule has 1 atom stereocenters. The van der Waals surface area contributed by atoms with Crippen molar-refractivity contribution < 1.29 is 18.0 Å². The number of carbonyl (C=O) groups excluding carboxylic acids is 2. The Morgan fingerprint density at radius 2 is 1.70 bits per heavy atom. The van der Waals surface area contributed by atoms with Crippen LogP contribution < -0.4 is 10.0 Å².